The Balaban J connectivity index is 1.75. The van der Waals surface area contributed by atoms with E-state index in [1.165, 1.54) is 16.6 Å². The smallest absolute Gasteiger partial charge is 0.312 e. The Morgan fingerprint density at radius 3 is 2.40 bits per heavy atom. The molecule has 1 saturated carbocycles. The Bertz CT molecular complexity index is 1270. The largest absolute Gasteiger partial charge is 0.483 e. The van der Waals surface area contributed by atoms with Crippen LogP contribution >= 0.6 is 0 Å². The first-order chi connectivity index (χ1) is 14.0. The van der Waals surface area contributed by atoms with E-state index in [1.54, 1.807) is 10.8 Å². The number of nitrogens with one attached hydrogen (secondary N) is 1. The summed E-state index contributed by atoms with van der Waals surface area (Å²) in [5.74, 6) is 1.20. The summed E-state index contributed by atoms with van der Waals surface area (Å²) in [6.45, 7) is 4.02. The quantitative estimate of drug-likeness (QED) is 0.653. The van der Waals surface area contributed by atoms with Gasteiger partial charge in [0.25, 0.3) is 5.56 Å². The van der Waals surface area contributed by atoms with Crippen LogP contribution in [0.25, 0.3) is 5.78 Å². The van der Waals surface area contributed by atoms with Gasteiger partial charge >= 0.3 is 5.51 Å². The summed E-state index contributed by atoms with van der Waals surface area (Å²) in [5, 5.41) is 4.38. The molecule has 1 N–H and O–H groups in total. The minimum absolute atomic E-state index is 0.0520. The standard InChI is InChI=1S/C19H20F3N5O2S/c1-11(2)15-10-26(18-24-16(13-5-6-13)25-27(18)17(15)28)9-12-3-7-14(8-4-12)30(23,29)19(20,21)22/h3-4,7-8,10-11,13,23H,5-6,9H2,1-2H3/t30-/m0/s1. The summed E-state index contributed by atoms with van der Waals surface area (Å²) in [6.07, 6.45) is 3.66. The van der Waals surface area contributed by atoms with Gasteiger partial charge in [-0.05, 0) is 36.5 Å². The van der Waals surface area contributed by atoms with Crippen molar-refractivity contribution in [2.75, 3.05) is 0 Å². The minimum atomic E-state index is -5.13. The van der Waals surface area contributed by atoms with Crippen molar-refractivity contribution in [1.29, 1.82) is 4.78 Å². The van der Waals surface area contributed by atoms with Crippen molar-refractivity contribution in [2.45, 2.75) is 55.5 Å². The van der Waals surface area contributed by atoms with Gasteiger partial charge in [-0.15, -0.1) is 5.10 Å². The number of aromatic nitrogens is 4. The topological polar surface area (TPSA) is 93.1 Å². The first kappa shape index (κ1) is 20.6. The van der Waals surface area contributed by atoms with Crippen LogP contribution in [-0.2, 0) is 16.3 Å². The average molecular weight is 439 g/mol. The molecule has 0 saturated heterocycles. The van der Waals surface area contributed by atoms with Gasteiger partial charge in [0, 0.05) is 17.7 Å². The molecular weight excluding hydrogens is 419 g/mol. The van der Waals surface area contributed by atoms with Crippen molar-refractivity contribution in [2.24, 2.45) is 0 Å². The highest BCUT2D eigenvalue weighted by atomic mass is 32.2. The van der Waals surface area contributed by atoms with Crippen molar-refractivity contribution in [3.63, 3.8) is 0 Å². The van der Waals surface area contributed by atoms with E-state index in [9.17, 15) is 22.2 Å². The molecule has 0 amide bonds. The molecule has 11 heteroatoms. The lowest BCUT2D eigenvalue weighted by Gasteiger charge is -2.14. The molecule has 7 nitrogen and oxygen atoms in total. The molecule has 2 heterocycles. The molecule has 0 spiro atoms. The molecule has 1 aliphatic rings. The molecule has 30 heavy (non-hydrogen) atoms. The highest BCUT2D eigenvalue weighted by molar-refractivity contribution is 7.93. The highest BCUT2D eigenvalue weighted by Gasteiger charge is 2.43. The molecule has 0 aliphatic heterocycles. The van der Waals surface area contributed by atoms with Crippen molar-refractivity contribution in [3.05, 3.63) is 57.8 Å². The SMILES string of the molecule is CC(C)c1cn(Cc2ccc([S@](=N)(=O)C(F)(F)F)cc2)c2nc(C3CC3)nn2c1=O. The van der Waals surface area contributed by atoms with E-state index in [4.69, 9.17) is 4.78 Å². The molecule has 0 bridgehead atoms. The first-order valence-electron chi connectivity index (χ1n) is 9.43. The van der Waals surface area contributed by atoms with E-state index >= 15 is 0 Å². The van der Waals surface area contributed by atoms with E-state index < -0.39 is 20.1 Å². The molecule has 160 valence electrons. The summed E-state index contributed by atoms with van der Waals surface area (Å²) < 4.78 is 60.6. The van der Waals surface area contributed by atoms with Gasteiger partial charge in [-0.3, -0.25) is 4.79 Å². The highest BCUT2D eigenvalue weighted by Crippen LogP contribution is 2.38. The van der Waals surface area contributed by atoms with Crippen molar-refractivity contribution in [1.82, 2.24) is 19.2 Å². The summed E-state index contributed by atoms with van der Waals surface area (Å²) >= 11 is 0. The molecule has 1 aliphatic carbocycles. The Kier molecular flexibility index (Phi) is 4.75. The van der Waals surface area contributed by atoms with Crippen LogP contribution in [0, 0.1) is 4.78 Å². The third-order valence-corrected chi connectivity index (χ3v) is 6.68. The third kappa shape index (κ3) is 3.51. The number of nitrogens with zero attached hydrogens (tertiary/aromatic N) is 4. The van der Waals surface area contributed by atoms with Crippen molar-refractivity contribution in [3.8, 4) is 0 Å². The van der Waals surface area contributed by atoms with Gasteiger partial charge < -0.3 is 4.57 Å². The van der Waals surface area contributed by atoms with Gasteiger partial charge in [-0.2, -0.15) is 22.7 Å². The number of benzene rings is 1. The first-order valence-corrected chi connectivity index (χ1v) is 11.0. The van der Waals surface area contributed by atoms with E-state index in [1.807, 2.05) is 13.8 Å². The Hall–Kier alpha value is -2.69. The second-order valence-corrected chi connectivity index (χ2v) is 9.82. The molecule has 1 fully saturated rings. The maximum Gasteiger partial charge on any atom is 0.483 e. The second-order valence-electron chi connectivity index (χ2n) is 7.77. The van der Waals surface area contributed by atoms with Gasteiger partial charge in [0.15, 0.2) is 15.6 Å². The molecule has 0 radical (unpaired) electrons. The van der Waals surface area contributed by atoms with Gasteiger partial charge in [-0.25, -0.2) is 8.99 Å². The summed E-state index contributed by atoms with van der Waals surface area (Å²) in [5.41, 5.74) is -4.19. The zero-order chi connectivity index (χ0) is 21.8. The fraction of sp³-hybridized carbons (Fsp3) is 0.421. The van der Waals surface area contributed by atoms with Gasteiger partial charge in [0.2, 0.25) is 5.78 Å². The van der Waals surface area contributed by atoms with Crippen LogP contribution in [0.5, 0.6) is 0 Å². The number of hydrogen-bond donors (Lipinski definition) is 1. The Morgan fingerprint density at radius 1 is 1.23 bits per heavy atom. The summed E-state index contributed by atoms with van der Waals surface area (Å²) in [4.78, 5) is 16.7. The summed E-state index contributed by atoms with van der Waals surface area (Å²) in [6, 6.07) is 4.91. The molecule has 4 rings (SSSR count). The number of fused-ring (bicyclic) bond motifs is 1. The summed E-state index contributed by atoms with van der Waals surface area (Å²) in [7, 11) is -4.90. The normalized spacial score (nSPS) is 16.9. The maximum atomic E-state index is 12.9. The minimum Gasteiger partial charge on any atom is -0.312 e. The Labute approximate surface area is 170 Å². The van der Waals surface area contributed by atoms with Crippen molar-refractivity contribution < 1.29 is 17.4 Å². The predicted octanol–water partition coefficient (Wildman–Crippen LogP) is 3.87. The Morgan fingerprint density at radius 2 is 1.87 bits per heavy atom. The monoisotopic (exact) mass is 439 g/mol. The lowest BCUT2D eigenvalue weighted by atomic mass is 10.1. The zero-order valence-corrected chi connectivity index (χ0v) is 17.1. The molecular formula is C19H20F3N5O2S. The molecule has 0 unspecified atom stereocenters. The molecule has 2 aromatic heterocycles. The number of hydrogen-bond acceptors (Lipinski definition) is 5. The van der Waals surface area contributed by atoms with Crippen LogP contribution < -0.4 is 5.56 Å². The number of alkyl halides is 3. The van der Waals surface area contributed by atoms with Crippen LogP contribution in [0.4, 0.5) is 13.2 Å². The molecule has 3 aromatic rings. The molecule has 1 atom stereocenters. The van der Waals surface area contributed by atoms with Gasteiger partial charge in [0.05, 0.1) is 11.4 Å². The molecule has 1 aromatic carbocycles. The van der Waals surface area contributed by atoms with Crippen LogP contribution in [-0.4, -0.2) is 28.9 Å². The number of halogens is 3. The lowest BCUT2D eigenvalue weighted by molar-refractivity contribution is -0.0406. The average Bonchev–Trinajstić information content (AvgIpc) is 3.41. The maximum absolute atomic E-state index is 12.9. The van der Waals surface area contributed by atoms with Crippen LogP contribution in [0.1, 0.15) is 55.5 Å². The predicted molar refractivity (Wildman–Crippen MR) is 104 cm³/mol. The fourth-order valence-electron chi connectivity index (χ4n) is 3.19. The second kappa shape index (κ2) is 6.93. The van der Waals surface area contributed by atoms with Gasteiger partial charge in [0.1, 0.15) is 0 Å². The van der Waals surface area contributed by atoms with Crippen molar-refractivity contribution >= 4 is 15.5 Å². The number of rotatable bonds is 5. The van der Waals surface area contributed by atoms with Crippen LogP contribution in [0.3, 0.4) is 0 Å². The van der Waals surface area contributed by atoms with E-state index in [-0.39, 0.29) is 23.9 Å². The van der Waals surface area contributed by atoms with E-state index in [0.29, 0.717) is 22.7 Å². The fourth-order valence-corrected chi connectivity index (χ4v) is 3.97. The van der Waals surface area contributed by atoms with Gasteiger partial charge in [-0.1, -0.05) is 26.0 Å². The van der Waals surface area contributed by atoms with Crippen LogP contribution in [0.2, 0.25) is 0 Å². The third-order valence-electron chi connectivity index (χ3n) is 5.10. The van der Waals surface area contributed by atoms with E-state index in [0.717, 1.165) is 25.0 Å². The lowest BCUT2D eigenvalue weighted by Crippen LogP contribution is -2.24. The van der Waals surface area contributed by atoms with E-state index in [2.05, 4.69) is 10.1 Å². The van der Waals surface area contributed by atoms with Crippen LogP contribution in [0.15, 0.2) is 40.2 Å². The zero-order valence-electron chi connectivity index (χ0n) is 16.3.